The van der Waals surface area contributed by atoms with Crippen molar-refractivity contribution in [1.82, 2.24) is 5.43 Å². The highest BCUT2D eigenvalue weighted by atomic mass is 16.6. The standard InChI is InChI=1S/C17H15N3O7/c1-25-14-7-10(6-11(16(14)21)20(23)24)8-18-19-17(22)15-9-26-12-4-2-3-5-13(12)27-15/h2-8,15,21H,9H2,1H3,(H,19,22)/b18-8+. The SMILES string of the molecule is COc1cc(/C=N/NC(=O)C2COc3ccccc3O2)cc([N+](=O)[O-])c1O. The summed E-state index contributed by atoms with van der Waals surface area (Å²) in [5.41, 5.74) is 2.00. The molecule has 0 saturated heterocycles. The van der Waals surface area contributed by atoms with E-state index in [1.165, 1.54) is 19.4 Å². The molecule has 10 nitrogen and oxygen atoms in total. The van der Waals surface area contributed by atoms with Gasteiger partial charge in [0.1, 0.15) is 6.61 Å². The van der Waals surface area contributed by atoms with E-state index in [1.54, 1.807) is 24.3 Å². The van der Waals surface area contributed by atoms with Crippen molar-refractivity contribution in [3.63, 3.8) is 0 Å². The van der Waals surface area contributed by atoms with Crippen molar-refractivity contribution in [3.05, 3.63) is 52.1 Å². The van der Waals surface area contributed by atoms with Gasteiger partial charge in [0.2, 0.25) is 11.9 Å². The number of phenolic OH excluding ortho intramolecular Hbond substituents is 1. The average molecular weight is 373 g/mol. The van der Waals surface area contributed by atoms with Crippen molar-refractivity contribution in [3.8, 4) is 23.0 Å². The molecule has 2 N–H and O–H groups in total. The fourth-order valence-corrected chi connectivity index (χ4v) is 2.37. The van der Waals surface area contributed by atoms with Gasteiger partial charge < -0.3 is 19.3 Å². The molecule has 1 aliphatic rings. The topological polar surface area (TPSA) is 133 Å². The zero-order chi connectivity index (χ0) is 19.4. The maximum Gasteiger partial charge on any atom is 0.315 e. The van der Waals surface area contributed by atoms with Crippen molar-refractivity contribution in [2.24, 2.45) is 5.10 Å². The Kier molecular flexibility index (Phi) is 5.06. The third kappa shape index (κ3) is 3.89. The van der Waals surface area contributed by atoms with Crippen LogP contribution in [0, 0.1) is 10.1 Å². The second-order valence-corrected chi connectivity index (χ2v) is 5.45. The van der Waals surface area contributed by atoms with Crippen molar-refractivity contribution < 1.29 is 29.0 Å². The largest absolute Gasteiger partial charge is 0.500 e. The molecule has 2 aromatic carbocycles. The number of nitrogens with zero attached hydrogens (tertiary/aromatic N) is 2. The maximum absolute atomic E-state index is 12.1. The number of carbonyl (C=O) groups is 1. The fraction of sp³-hybridized carbons (Fsp3) is 0.176. The molecule has 1 heterocycles. The summed E-state index contributed by atoms with van der Waals surface area (Å²) in [6.45, 7) is 0.0247. The number of hydrazone groups is 1. The number of nitro groups is 1. The highest BCUT2D eigenvalue weighted by Gasteiger charge is 2.27. The van der Waals surface area contributed by atoms with Gasteiger partial charge in [-0.25, -0.2) is 5.43 Å². The molecule has 0 spiro atoms. The van der Waals surface area contributed by atoms with Gasteiger partial charge in [-0.05, 0) is 18.2 Å². The number of amides is 1. The lowest BCUT2D eigenvalue weighted by molar-refractivity contribution is -0.386. The quantitative estimate of drug-likeness (QED) is 0.462. The van der Waals surface area contributed by atoms with E-state index in [0.29, 0.717) is 11.5 Å². The Hall–Kier alpha value is -3.82. The predicted octanol–water partition coefficient (Wildman–Crippen LogP) is 1.60. The van der Waals surface area contributed by atoms with Gasteiger partial charge in [-0.15, -0.1) is 0 Å². The molecule has 0 saturated carbocycles. The molecular weight excluding hydrogens is 358 g/mol. The van der Waals surface area contributed by atoms with Crippen LogP contribution >= 0.6 is 0 Å². The van der Waals surface area contributed by atoms with Crippen molar-refractivity contribution in [2.75, 3.05) is 13.7 Å². The Bertz CT molecular complexity index is 913. The summed E-state index contributed by atoms with van der Waals surface area (Å²) in [7, 11) is 1.26. The van der Waals surface area contributed by atoms with Gasteiger partial charge in [0, 0.05) is 11.6 Å². The summed E-state index contributed by atoms with van der Waals surface area (Å²) >= 11 is 0. The molecule has 1 unspecified atom stereocenters. The molecule has 27 heavy (non-hydrogen) atoms. The number of hydrogen-bond acceptors (Lipinski definition) is 8. The minimum Gasteiger partial charge on any atom is -0.500 e. The van der Waals surface area contributed by atoms with Crippen LogP contribution in [0.2, 0.25) is 0 Å². The second-order valence-electron chi connectivity index (χ2n) is 5.45. The first-order chi connectivity index (χ1) is 13.0. The third-order valence-corrected chi connectivity index (χ3v) is 3.68. The van der Waals surface area contributed by atoms with E-state index in [1.807, 2.05) is 0 Å². The van der Waals surface area contributed by atoms with E-state index in [0.717, 1.165) is 6.07 Å². The summed E-state index contributed by atoms with van der Waals surface area (Å²) in [5, 5.41) is 24.5. The number of rotatable bonds is 5. The van der Waals surface area contributed by atoms with Gasteiger partial charge in [-0.1, -0.05) is 12.1 Å². The third-order valence-electron chi connectivity index (χ3n) is 3.68. The van der Waals surface area contributed by atoms with E-state index in [-0.39, 0.29) is 17.9 Å². The second kappa shape index (κ2) is 7.60. The van der Waals surface area contributed by atoms with Crippen LogP contribution in [0.3, 0.4) is 0 Å². The molecule has 0 aromatic heterocycles. The first-order valence-electron chi connectivity index (χ1n) is 7.76. The molecular formula is C17H15N3O7. The Balaban J connectivity index is 1.68. The van der Waals surface area contributed by atoms with E-state index in [2.05, 4.69) is 10.5 Å². The van der Waals surface area contributed by atoms with Crippen LogP contribution in [0.15, 0.2) is 41.5 Å². The molecule has 0 radical (unpaired) electrons. The molecule has 1 aliphatic heterocycles. The zero-order valence-electron chi connectivity index (χ0n) is 14.1. The van der Waals surface area contributed by atoms with E-state index in [9.17, 15) is 20.0 Å². The highest BCUT2D eigenvalue weighted by Crippen LogP contribution is 2.36. The monoisotopic (exact) mass is 373 g/mol. The van der Waals surface area contributed by atoms with Crippen LogP contribution < -0.4 is 19.6 Å². The number of carbonyl (C=O) groups excluding carboxylic acids is 1. The number of nitrogens with one attached hydrogen (secondary N) is 1. The van der Waals surface area contributed by atoms with Crippen LogP contribution in [-0.4, -0.2) is 42.0 Å². The molecule has 1 atom stereocenters. The summed E-state index contributed by atoms with van der Waals surface area (Å²) in [5.74, 6) is -0.214. The van der Waals surface area contributed by atoms with Crippen LogP contribution in [0.25, 0.3) is 0 Å². The van der Waals surface area contributed by atoms with Crippen LogP contribution in [0.1, 0.15) is 5.56 Å². The molecule has 1 amide bonds. The van der Waals surface area contributed by atoms with E-state index < -0.39 is 28.4 Å². The molecule has 0 aliphatic carbocycles. The lowest BCUT2D eigenvalue weighted by Crippen LogP contribution is -2.42. The summed E-state index contributed by atoms with van der Waals surface area (Å²) in [6, 6.07) is 9.40. The van der Waals surface area contributed by atoms with Gasteiger partial charge in [-0.2, -0.15) is 5.10 Å². The Morgan fingerprint density at radius 2 is 2.15 bits per heavy atom. The number of para-hydroxylation sites is 2. The number of benzene rings is 2. The number of hydrogen-bond donors (Lipinski definition) is 2. The Morgan fingerprint density at radius 1 is 1.41 bits per heavy atom. The van der Waals surface area contributed by atoms with Gasteiger partial charge in [-0.3, -0.25) is 14.9 Å². The van der Waals surface area contributed by atoms with Gasteiger partial charge in [0.05, 0.1) is 18.2 Å². The summed E-state index contributed by atoms with van der Waals surface area (Å²) in [6.07, 6.45) is 0.297. The molecule has 2 aromatic rings. The first kappa shape index (κ1) is 18.0. The molecule has 0 bridgehead atoms. The zero-order valence-corrected chi connectivity index (χ0v) is 14.1. The maximum atomic E-state index is 12.1. The average Bonchev–Trinajstić information content (AvgIpc) is 2.68. The smallest absolute Gasteiger partial charge is 0.315 e. The van der Waals surface area contributed by atoms with Crippen molar-refractivity contribution in [2.45, 2.75) is 6.10 Å². The minimum atomic E-state index is -0.888. The van der Waals surface area contributed by atoms with Gasteiger partial charge >= 0.3 is 5.69 Å². The first-order valence-corrected chi connectivity index (χ1v) is 7.76. The molecule has 3 rings (SSSR count). The number of phenols is 1. The summed E-state index contributed by atoms with van der Waals surface area (Å²) < 4.78 is 15.9. The highest BCUT2D eigenvalue weighted by molar-refractivity contribution is 5.86. The summed E-state index contributed by atoms with van der Waals surface area (Å²) in [4.78, 5) is 22.4. The minimum absolute atomic E-state index is 0.0247. The fourth-order valence-electron chi connectivity index (χ4n) is 2.37. The normalized spacial score (nSPS) is 15.4. The Labute approximate surface area is 153 Å². The number of nitro benzene ring substituents is 1. The van der Waals surface area contributed by atoms with Crippen LogP contribution in [-0.2, 0) is 4.79 Å². The van der Waals surface area contributed by atoms with Crippen molar-refractivity contribution >= 4 is 17.8 Å². The number of aromatic hydroxyl groups is 1. The van der Waals surface area contributed by atoms with Crippen LogP contribution in [0.4, 0.5) is 5.69 Å². The van der Waals surface area contributed by atoms with Crippen molar-refractivity contribution in [1.29, 1.82) is 0 Å². The predicted molar refractivity (Wildman–Crippen MR) is 93.4 cm³/mol. The van der Waals surface area contributed by atoms with E-state index >= 15 is 0 Å². The molecule has 140 valence electrons. The van der Waals surface area contributed by atoms with Crippen LogP contribution in [0.5, 0.6) is 23.0 Å². The van der Waals surface area contributed by atoms with Gasteiger partial charge in [0.25, 0.3) is 5.91 Å². The Morgan fingerprint density at radius 3 is 2.85 bits per heavy atom. The van der Waals surface area contributed by atoms with Gasteiger partial charge in [0.15, 0.2) is 17.2 Å². The number of methoxy groups -OCH3 is 1. The lowest BCUT2D eigenvalue weighted by Gasteiger charge is -2.24. The molecule has 10 heteroatoms. The molecule has 0 fully saturated rings. The number of ether oxygens (including phenoxy) is 3. The van der Waals surface area contributed by atoms with E-state index in [4.69, 9.17) is 14.2 Å². The number of fused-ring (bicyclic) bond motifs is 1. The lowest BCUT2D eigenvalue weighted by atomic mass is 10.2.